The lowest BCUT2D eigenvalue weighted by molar-refractivity contribution is 0.427. The lowest BCUT2D eigenvalue weighted by Crippen LogP contribution is -1.73. The Kier molecular flexibility index (Phi) is 2.89. The molecule has 1 heterocycles. The van der Waals surface area contributed by atoms with Gasteiger partial charge in [0.05, 0.1) is 7.11 Å². The number of hydrogen-bond acceptors (Lipinski definition) is 2. The molecule has 14 heavy (non-hydrogen) atoms. The fourth-order valence-corrected chi connectivity index (χ4v) is 2.29. The van der Waals surface area contributed by atoms with Gasteiger partial charge in [0.2, 0.25) is 0 Å². The van der Waals surface area contributed by atoms with E-state index in [1.165, 1.54) is 10.4 Å². The summed E-state index contributed by atoms with van der Waals surface area (Å²) in [6.45, 7) is 0. The first-order valence-electron chi connectivity index (χ1n) is 4.19. The molecule has 2 rings (SSSR count). The molecule has 0 aliphatic heterocycles. The summed E-state index contributed by atoms with van der Waals surface area (Å²) >= 11 is 5.07. The van der Waals surface area contributed by atoms with Crippen molar-refractivity contribution in [1.29, 1.82) is 0 Å². The van der Waals surface area contributed by atoms with Crippen molar-refractivity contribution in [2.24, 2.45) is 0 Å². The Balaban J connectivity index is 2.34. The SMILES string of the molecule is COc1ccc(-c2ccc(Br)cc2)s1. The van der Waals surface area contributed by atoms with Crippen molar-refractivity contribution >= 4 is 27.3 Å². The predicted molar refractivity (Wildman–Crippen MR) is 64.0 cm³/mol. The van der Waals surface area contributed by atoms with E-state index < -0.39 is 0 Å². The van der Waals surface area contributed by atoms with Crippen molar-refractivity contribution in [3.8, 4) is 15.5 Å². The van der Waals surface area contributed by atoms with Crippen LogP contribution in [0.1, 0.15) is 0 Å². The van der Waals surface area contributed by atoms with Crippen LogP contribution in [-0.4, -0.2) is 7.11 Å². The minimum absolute atomic E-state index is 0.947. The second kappa shape index (κ2) is 4.15. The molecule has 0 bridgehead atoms. The Morgan fingerprint density at radius 1 is 1.07 bits per heavy atom. The molecule has 2 aromatic rings. The van der Waals surface area contributed by atoms with Gasteiger partial charge < -0.3 is 4.74 Å². The molecule has 0 amide bonds. The summed E-state index contributed by atoms with van der Waals surface area (Å²) < 4.78 is 6.25. The van der Waals surface area contributed by atoms with Gasteiger partial charge >= 0.3 is 0 Å². The maximum absolute atomic E-state index is 5.15. The normalized spacial score (nSPS) is 10.1. The van der Waals surface area contributed by atoms with Gasteiger partial charge in [-0.05, 0) is 29.8 Å². The zero-order chi connectivity index (χ0) is 9.97. The monoisotopic (exact) mass is 268 g/mol. The Morgan fingerprint density at radius 2 is 1.79 bits per heavy atom. The van der Waals surface area contributed by atoms with Crippen molar-refractivity contribution in [3.05, 3.63) is 40.9 Å². The molecule has 0 saturated heterocycles. The van der Waals surface area contributed by atoms with E-state index in [4.69, 9.17) is 4.74 Å². The molecule has 0 atom stereocenters. The zero-order valence-electron chi connectivity index (χ0n) is 7.66. The summed E-state index contributed by atoms with van der Waals surface area (Å²) in [6, 6.07) is 12.3. The summed E-state index contributed by atoms with van der Waals surface area (Å²) in [5.74, 6) is 0. The first-order valence-corrected chi connectivity index (χ1v) is 5.80. The van der Waals surface area contributed by atoms with Crippen LogP contribution < -0.4 is 4.74 Å². The van der Waals surface area contributed by atoms with E-state index in [1.54, 1.807) is 18.4 Å². The van der Waals surface area contributed by atoms with E-state index in [-0.39, 0.29) is 0 Å². The largest absolute Gasteiger partial charge is 0.487 e. The molecule has 1 nitrogen and oxygen atoms in total. The molecule has 0 spiro atoms. The fourth-order valence-electron chi connectivity index (χ4n) is 1.20. The Labute approximate surface area is 95.5 Å². The van der Waals surface area contributed by atoms with Crippen LogP contribution in [0.4, 0.5) is 0 Å². The van der Waals surface area contributed by atoms with Gasteiger partial charge in [-0.25, -0.2) is 0 Å². The second-order valence-electron chi connectivity index (χ2n) is 2.83. The van der Waals surface area contributed by atoms with E-state index in [0.29, 0.717) is 0 Å². The highest BCUT2D eigenvalue weighted by atomic mass is 79.9. The second-order valence-corrected chi connectivity index (χ2v) is 4.79. The molecule has 0 aliphatic carbocycles. The highest BCUT2D eigenvalue weighted by Gasteiger charge is 2.01. The van der Waals surface area contributed by atoms with Gasteiger partial charge in [0.25, 0.3) is 0 Å². The summed E-state index contributed by atoms with van der Waals surface area (Å²) in [6.07, 6.45) is 0. The third kappa shape index (κ3) is 1.99. The van der Waals surface area contributed by atoms with E-state index in [1.807, 2.05) is 18.2 Å². The maximum atomic E-state index is 5.15. The Morgan fingerprint density at radius 3 is 2.36 bits per heavy atom. The standard InChI is InChI=1S/C11H9BrOS/c1-13-11-7-6-10(14-11)8-2-4-9(12)5-3-8/h2-7H,1H3. The minimum atomic E-state index is 0.947. The number of halogens is 1. The van der Waals surface area contributed by atoms with E-state index in [2.05, 4.69) is 34.1 Å². The smallest absolute Gasteiger partial charge is 0.173 e. The van der Waals surface area contributed by atoms with Crippen LogP contribution in [-0.2, 0) is 0 Å². The topological polar surface area (TPSA) is 9.23 Å². The number of thiophene rings is 1. The first-order chi connectivity index (χ1) is 6.79. The van der Waals surface area contributed by atoms with Crippen molar-refractivity contribution in [2.45, 2.75) is 0 Å². The Bertz CT molecular complexity index is 419. The molecule has 1 aromatic carbocycles. The fraction of sp³-hybridized carbons (Fsp3) is 0.0909. The quantitative estimate of drug-likeness (QED) is 0.794. The van der Waals surface area contributed by atoms with Gasteiger partial charge in [0.15, 0.2) is 5.06 Å². The van der Waals surface area contributed by atoms with Crippen LogP contribution in [0.2, 0.25) is 0 Å². The summed E-state index contributed by atoms with van der Waals surface area (Å²) in [5.41, 5.74) is 1.22. The zero-order valence-corrected chi connectivity index (χ0v) is 10.1. The molecular weight excluding hydrogens is 260 g/mol. The highest BCUT2D eigenvalue weighted by Crippen LogP contribution is 2.32. The van der Waals surface area contributed by atoms with Crippen LogP contribution in [0.15, 0.2) is 40.9 Å². The lowest BCUT2D eigenvalue weighted by atomic mass is 10.2. The van der Waals surface area contributed by atoms with Crippen LogP contribution in [0.5, 0.6) is 5.06 Å². The number of methoxy groups -OCH3 is 1. The molecule has 0 aliphatic rings. The van der Waals surface area contributed by atoms with Gasteiger partial charge in [-0.3, -0.25) is 0 Å². The molecule has 0 saturated carbocycles. The highest BCUT2D eigenvalue weighted by molar-refractivity contribution is 9.10. The number of benzene rings is 1. The maximum Gasteiger partial charge on any atom is 0.173 e. The van der Waals surface area contributed by atoms with E-state index >= 15 is 0 Å². The molecular formula is C11H9BrOS. The van der Waals surface area contributed by atoms with E-state index in [9.17, 15) is 0 Å². The first kappa shape index (κ1) is 9.74. The summed E-state index contributed by atoms with van der Waals surface area (Å²) in [7, 11) is 1.69. The van der Waals surface area contributed by atoms with Gasteiger partial charge in [-0.2, -0.15) is 0 Å². The average Bonchev–Trinajstić information content (AvgIpc) is 2.67. The van der Waals surface area contributed by atoms with Crippen molar-refractivity contribution in [3.63, 3.8) is 0 Å². The van der Waals surface area contributed by atoms with E-state index in [0.717, 1.165) is 9.54 Å². The average molecular weight is 269 g/mol. The molecule has 1 aromatic heterocycles. The van der Waals surface area contributed by atoms with Crippen molar-refractivity contribution in [2.75, 3.05) is 7.11 Å². The molecule has 0 unspecified atom stereocenters. The lowest BCUT2D eigenvalue weighted by Gasteiger charge is -1.96. The van der Waals surface area contributed by atoms with Crippen LogP contribution in [0, 0.1) is 0 Å². The van der Waals surface area contributed by atoms with Gasteiger partial charge in [0, 0.05) is 9.35 Å². The Hall–Kier alpha value is -0.800. The van der Waals surface area contributed by atoms with Crippen LogP contribution in [0.3, 0.4) is 0 Å². The molecule has 0 radical (unpaired) electrons. The summed E-state index contributed by atoms with van der Waals surface area (Å²) in [5, 5.41) is 0.947. The van der Waals surface area contributed by atoms with Gasteiger partial charge in [-0.15, -0.1) is 0 Å². The van der Waals surface area contributed by atoms with Crippen molar-refractivity contribution in [1.82, 2.24) is 0 Å². The number of rotatable bonds is 2. The van der Waals surface area contributed by atoms with Crippen molar-refractivity contribution < 1.29 is 4.74 Å². The van der Waals surface area contributed by atoms with Crippen LogP contribution in [0.25, 0.3) is 10.4 Å². The van der Waals surface area contributed by atoms with Gasteiger partial charge in [0.1, 0.15) is 0 Å². The third-order valence-electron chi connectivity index (χ3n) is 1.91. The van der Waals surface area contributed by atoms with Gasteiger partial charge in [-0.1, -0.05) is 39.4 Å². The minimum Gasteiger partial charge on any atom is -0.487 e. The molecule has 72 valence electrons. The molecule has 0 N–H and O–H groups in total. The van der Waals surface area contributed by atoms with Crippen LogP contribution >= 0.6 is 27.3 Å². The molecule has 3 heteroatoms. The summed E-state index contributed by atoms with van der Waals surface area (Å²) in [4.78, 5) is 1.23. The number of ether oxygens (including phenoxy) is 1. The molecule has 0 fully saturated rings. The number of hydrogen-bond donors (Lipinski definition) is 0. The predicted octanol–water partition coefficient (Wildman–Crippen LogP) is 4.19. The third-order valence-corrected chi connectivity index (χ3v) is 3.54.